The van der Waals surface area contributed by atoms with Crippen molar-refractivity contribution in [2.24, 2.45) is 17.6 Å². The lowest BCUT2D eigenvalue weighted by Crippen LogP contribution is -2.44. The largest absolute Gasteiger partial charge is 0.330 e. The van der Waals surface area contributed by atoms with Gasteiger partial charge in [0.2, 0.25) is 0 Å². The molecule has 1 aromatic heterocycles. The number of nitrogens with zero attached hydrogens (tertiary/aromatic N) is 2. The van der Waals surface area contributed by atoms with Crippen LogP contribution < -0.4 is 11.3 Å². The summed E-state index contributed by atoms with van der Waals surface area (Å²) in [4.78, 5) is 14.0. The van der Waals surface area contributed by atoms with Gasteiger partial charge in [-0.25, -0.2) is 0 Å². The van der Waals surface area contributed by atoms with E-state index in [0.29, 0.717) is 5.92 Å². The first-order chi connectivity index (χ1) is 8.70. The summed E-state index contributed by atoms with van der Waals surface area (Å²) in [6, 6.07) is 5.30. The zero-order chi connectivity index (χ0) is 13.0. The Bertz CT molecular complexity index is 429. The van der Waals surface area contributed by atoms with Crippen LogP contribution in [0.25, 0.3) is 0 Å². The molecule has 1 fully saturated rings. The zero-order valence-corrected chi connectivity index (χ0v) is 11.1. The van der Waals surface area contributed by atoms with Gasteiger partial charge in [0.15, 0.2) is 0 Å². The number of nitrogens with two attached hydrogens (primary N) is 1. The molecule has 2 atom stereocenters. The molecule has 1 aromatic rings. The second-order valence-electron chi connectivity index (χ2n) is 5.29. The van der Waals surface area contributed by atoms with Gasteiger partial charge in [-0.3, -0.25) is 4.79 Å². The monoisotopic (exact) mass is 249 g/mol. The smallest absolute Gasteiger partial charge is 0.250 e. The fourth-order valence-electron chi connectivity index (χ4n) is 2.63. The molecular formula is C14H23N3O. The SMILES string of the molecule is CC1CCN(CCn2ccccc2=O)CC1CN. The molecule has 0 aliphatic carbocycles. The van der Waals surface area contributed by atoms with E-state index in [1.165, 1.54) is 6.42 Å². The third-order valence-electron chi connectivity index (χ3n) is 4.06. The van der Waals surface area contributed by atoms with Gasteiger partial charge in [-0.2, -0.15) is 0 Å². The zero-order valence-electron chi connectivity index (χ0n) is 11.1. The van der Waals surface area contributed by atoms with Gasteiger partial charge in [0.25, 0.3) is 5.56 Å². The van der Waals surface area contributed by atoms with Crippen molar-refractivity contribution >= 4 is 0 Å². The molecule has 0 amide bonds. The van der Waals surface area contributed by atoms with Gasteiger partial charge in [-0.15, -0.1) is 0 Å². The maximum atomic E-state index is 11.6. The molecule has 0 aromatic carbocycles. The summed E-state index contributed by atoms with van der Waals surface area (Å²) in [5, 5.41) is 0. The summed E-state index contributed by atoms with van der Waals surface area (Å²) in [5.74, 6) is 1.33. The van der Waals surface area contributed by atoms with Gasteiger partial charge in [0.1, 0.15) is 0 Å². The summed E-state index contributed by atoms with van der Waals surface area (Å²) < 4.78 is 1.77. The lowest BCUT2D eigenvalue weighted by molar-refractivity contribution is 0.128. The van der Waals surface area contributed by atoms with Crippen LogP contribution in [0.5, 0.6) is 0 Å². The number of hydrogen-bond donors (Lipinski definition) is 1. The lowest BCUT2D eigenvalue weighted by atomic mass is 9.87. The standard InChI is InChI=1S/C14H23N3O/c1-12-5-7-16(11-13(12)10-15)8-9-17-6-3-2-4-14(17)18/h2-4,6,12-13H,5,7-11,15H2,1H3. The predicted molar refractivity (Wildman–Crippen MR) is 73.5 cm³/mol. The van der Waals surface area contributed by atoms with E-state index >= 15 is 0 Å². The minimum absolute atomic E-state index is 0.0817. The minimum Gasteiger partial charge on any atom is -0.330 e. The summed E-state index contributed by atoms with van der Waals surface area (Å²) in [5.41, 5.74) is 5.89. The van der Waals surface area contributed by atoms with Crippen LogP contribution in [0.2, 0.25) is 0 Å². The Balaban J connectivity index is 1.88. The average Bonchev–Trinajstić information content (AvgIpc) is 2.39. The fraction of sp³-hybridized carbons (Fsp3) is 0.643. The van der Waals surface area contributed by atoms with Gasteiger partial charge in [0.05, 0.1) is 0 Å². The second-order valence-corrected chi connectivity index (χ2v) is 5.29. The topological polar surface area (TPSA) is 51.3 Å². The second kappa shape index (κ2) is 6.16. The molecule has 0 spiro atoms. The first-order valence-corrected chi connectivity index (χ1v) is 6.78. The van der Waals surface area contributed by atoms with Gasteiger partial charge < -0.3 is 15.2 Å². The molecule has 0 bridgehead atoms. The highest BCUT2D eigenvalue weighted by Gasteiger charge is 2.24. The highest BCUT2D eigenvalue weighted by Crippen LogP contribution is 2.21. The molecular weight excluding hydrogens is 226 g/mol. The molecule has 1 aliphatic heterocycles. The van der Waals surface area contributed by atoms with Crippen molar-refractivity contribution in [1.29, 1.82) is 0 Å². The van der Waals surface area contributed by atoms with Crippen LogP contribution in [-0.2, 0) is 6.54 Å². The number of likely N-dealkylation sites (tertiary alicyclic amines) is 1. The first kappa shape index (κ1) is 13.3. The van der Waals surface area contributed by atoms with Gasteiger partial charge >= 0.3 is 0 Å². The molecule has 4 nitrogen and oxygen atoms in total. The van der Waals surface area contributed by atoms with Crippen LogP contribution in [-0.4, -0.2) is 35.6 Å². The van der Waals surface area contributed by atoms with E-state index in [9.17, 15) is 4.79 Å². The first-order valence-electron chi connectivity index (χ1n) is 6.78. The lowest BCUT2D eigenvalue weighted by Gasteiger charge is -2.36. The summed E-state index contributed by atoms with van der Waals surface area (Å²) >= 11 is 0. The van der Waals surface area contributed by atoms with Crippen LogP contribution in [0.4, 0.5) is 0 Å². The highest BCUT2D eigenvalue weighted by atomic mass is 16.1. The third kappa shape index (κ3) is 3.21. The number of piperidine rings is 1. The number of pyridine rings is 1. The Morgan fingerprint density at radius 1 is 1.39 bits per heavy atom. The number of aromatic nitrogens is 1. The molecule has 4 heteroatoms. The van der Waals surface area contributed by atoms with Crippen molar-refractivity contribution in [3.05, 3.63) is 34.7 Å². The maximum absolute atomic E-state index is 11.6. The summed E-state index contributed by atoms with van der Waals surface area (Å²) in [6.07, 6.45) is 3.07. The summed E-state index contributed by atoms with van der Waals surface area (Å²) in [6.45, 7) is 6.95. The van der Waals surface area contributed by atoms with Crippen LogP contribution in [0.1, 0.15) is 13.3 Å². The maximum Gasteiger partial charge on any atom is 0.250 e. The molecule has 2 heterocycles. The average molecular weight is 249 g/mol. The van der Waals surface area contributed by atoms with Gasteiger partial charge in [-0.1, -0.05) is 13.0 Å². The molecule has 2 unspecified atom stereocenters. The van der Waals surface area contributed by atoms with E-state index in [0.717, 1.165) is 38.6 Å². The van der Waals surface area contributed by atoms with Crippen molar-refractivity contribution in [3.8, 4) is 0 Å². The van der Waals surface area contributed by atoms with Crippen LogP contribution in [0.15, 0.2) is 29.2 Å². The van der Waals surface area contributed by atoms with Crippen LogP contribution in [0.3, 0.4) is 0 Å². The van der Waals surface area contributed by atoms with Crippen molar-refractivity contribution in [2.75, 3.05) is 26.2 Å². The van der Waals surface area contributed by atoms with E-state index in [1.54, 1.807) is 16.7 Å². The van der Waals surface area contributed by atoms with Crippen LogP contribution >= 0.6 is 0 Å². The van der Waals surface area contributed by atoms with Gasteiger partial charge in [-0.05, 0) is 37.4 Å². The van der Waals surface area contributed by atoms with E-state index in [2.05, 4.69) is 11.8 Å². The Kier molecular flexibility index (Phi) is 4.55. The predicted octanol–water partition coefficient (Wildman–Crippen LogP) is 0.765. The Hall–Kier alpha value is -1.13. The van der Waals surface area contributed by atoms with Crippen molar-refractivity contribution < 1.29 is 0 Å². The molecule has 0 saturated carbocycles. The van der Waals surface area contributed by atoms with Crippen molar-refractivity contribution in [3.63, 3.8) is 0 Å². The molecule has 0 radical (unpaired) electrons. The van der Waals surface area contributed by atoms with Crippen molar-refractivity contribution in [1.82, 2.24) is 9.47 Å². The quantitative estimate of drug-likeness (QED) is 0.857. The Labute approximate surface area is 108 Å². The van der Waals surface area contributed by atoms with E-state index in [1.807, 2.05) is 12.3 Å². The van der Waals surface area contributed by atoms with Gasteiger partial charge in [0, 0.05) is 31.9 Å². The number of hydrogen-bond acceptors (Lipinski definition) is 3. The number of rotatable bonds is 4. The molecule has 2 N–H and O–H groups in total. The molecule has 100 valence electrons. The van der Waals surface area contributed by atoms with E-state index in [-0.39, 0.29) is 5.56 Å². The van der Waals surface area contributed by atoms with E-state index < -0.39 is 0 Å². The Morgan fingerprint density at radius 2 is 2.22 bits per heavy atom. The molecule has 2 rings (SSSR count). The Morgan fingerprint density at radius 3 is 2.94 bits per heavy atom. The summed E-state index contributed by atoms with van der Waals surface area (Å²) in [7, 11) is 0. The van der Waals surface area contributed by atoms with Crippen molar-refractivity contribution in [2.45, 2.75) is 19.9 Å². The van der Waals surface area contributed by atoms with Crippen LogP contribution in [0, 0.1) is 11.8 Å². The minimum atomic E-state index is 0.0817. The fourth-order valence-corrected chi connectivity index (χ4v) is 2.63. The third-order valence-corrected chi connectivity index (χ3v) is 4.06. The normalized spacial score (nSPS) is 25.2. The van der Waals surface area contributed by atoms with E-state index in [4.69, 9.17) is 5.73 Å². The molecule has 1 aliphatic rings. The molecule has 1 saturated heterocycles. The molecule has 18 heavy (non-hydrogen) atoms. The highest BCUT2D eigenvalue weighted by molar-refractivity contribution is 4.93.